The lowest BCUT2D eigenvalue weighted by molar-refractivity contribution is -0.298. The van der Waals surface area contributed by atoms with Crippen LogP contribution in [-0.2, 0) is 9.16 Å². The minimum absolute atomic E-state index is 0.150. The Morgan fingerprint density at radius 2 is 1.40 bits per heavy atom. The van der Waals surface area contributed by atoms with E-state index >= 15 is 0 Å². The summed E-state index contributed by atoms with van der Waals surface area (Å²) in [6.45, 7) is 12.5. The first kappa shape index (κ1) is 22.3. The Morgan fingerprint density at radius 3 is 1.76 bits per heavy atom. The molecule has 0 spiro atoms. The molecule has 0 aliphatic carbocycles. The zero-order valence-corrected chi connectivity index (χ0v) is 18.6. The summed E-state index contributed by atoms with van der Waals surface area (Å²) in [5, 5.41) is 0. The summed E-state index contributed by atoms with van der Waals surface area (Å²) in [6, 6.07) is 7.19. The van der Waals surface area contributed by atoms with Crippen LogP contribution in [0.5, 0.6) is 0 Å². The van der Waals surface area contributed by atoms with Crippen LogP contribution in [0.15, 0.2) is 30.5 Å². The van der Waals surface area contributed by atoms with Gasteiger partial charge in [0, 0.05) is 9.13 Å². The van der Waals surface area contributed by atoms with Gasteiger partial charge in [0.15, 0.2) is 0 Å². The topological polar surface area (TPSA) is 18.5 Å². The quantitative estimate of drug-likeness (QED) is 0.229. The van der Waals surface area contributed by atoms with Gasteiger partial charge >= 0.3 is 6.36 Å². The van der Waals surface area contributed by atoms with Gasteiger partial charge in [0.1, 0.15) is 12.0 Å². The summed E-state index contributed by atoms with van der Waals surface area (Å²) in [5.74, 6) is 0.150. The monoisotopic (exact) mass is 486 g/mol. The van der Waals surface area contributed by atoms with Crippen LogP contribution < -0.4 is 0 Å². The molecular weight excluding hydrogens is 460 g/mol. The Hall–Kier alpha value is -0.703. The summed E-state index contributed by atoms with van der Waals surface area (Å²) < 4.78 is 49.2. The van der Waals surface area contributed by atoms with Crippen molar-refractivity contribution in [1.29, 1.82) is 0 Å². The Balaban J connectivity index is 3.37. The van der Waals surface area contributed by atoms with Crippen LogP contribution in [0, 0.1) is 3.57 Å². The van der Waals surface area contributed by atoms with Gasteiger partial charge in [-0.25, -0.2) is 0 Å². The lowest BCUT2D eigenvalue weighted by Crippen LogP contribution is -2.47. The van der Waals surface area contributed by atoms with E-state index in [1.165, 1.54) is 0 Å². The second kappa shape index (κ2) is 8.79. The number of ether oxygens (including phenoxy) is 1. The molecule has 0 heterocycles. The number of benzene rings is 1. The predicted molar refractivity (Wildman–Crippen MR) is 106 cm³/mol. The zero-order valence-electron chi connectivity index (χ0n) is 15.4. The highest BCUT2D eigenvalue weighted by molar-refractivity contribution is 14.1. The van der Waals surface area contributed by atoms with E-state index < -0.39 is 14.7 Å². The van der Waals surface area contributed by atoms with Crippen LogP contribution in [-0.4, -0.2) is 14.7 Å². The molecule has 0 amide bonds. The third kappa shape index (κ3) is 5.91. The Kier molecular flexibility index (Phi) is 7.86. The Bertz CT molecular complexity index is 559. The minimum atomic E-state index is -4.74. The molecule has 0 unspecified atom stereocenters. The largest absolute Gasteiger partial charge is 0.572 e. The molecule has 0 fully saturated rings. The van der Waals surface area contributed by atoms with E-state index in [1.807, 2.05) is 12.1 Å². The first-order valence-electron chi connectivity index (χ1n) is 8.29. The van der Waals surface area contributed by atoms with Crippen LogP contribution in [0.25, 0.3) is 5.76 Å². The van der Waals surface area contributed by atoms with Crippen molar-refractivity contribution < 1.29 is 22.3 Å². The van der Waals surface area contributed by atoms with Crippen LogP contribution >= 0.6 is 22.6 Å². The van der Waals surface area contributed by atoms with Gasteiger partial charge in [-0.2, -0.15) is 0 Å². The number of hydrogen-bond donors (Lipinski definition) is 0. The van der Waals surface area contributed by atoms with Crippen LogP contribution in [0.1, 0.15) is 47.1 Å². The second-order valence-corrected chi connectivity index (χ2v) is 13.6. The summed E-state index contributed by atoms with van der Waals surface area (Å²) >= 11 is 2.15. The molecule has 0 radical (unpaired) electrons. The summed E-state index contributed by atoms with van der Waals surface area (Å²) in [4.78, 5) is 0. The van der Waals surface area contributed by atoms with E-state index in [0.717, 1.165) is 3.57 Å². The van der Waals surface area contributed by atoms with Crippen molar-refractivity contribution in [2.24, 2.45) is 0 Å². The molecule has 0 N–H and O–H groups in total. The molecule has 0 bridgehead atoms. The Morgan fingerprint density at radius 1 is 0.960 bits per heavy atom. The van der Waals surface area contributed by atoms with Crippen LogP contribution in [0.3, 0.4) is 0 Å². The molecule has 25 heavy (non-hydrogen) atoms. The second-order valence-electron chi connectivity index (χ2n) is 6.97. The lowest BCUT2D eigenvalue weighted by Gasteiger charge is -2.42. The smallest absolute Gasteiger partial charge is 0.540 e. The van der Waals surface area contributed by atoms with Crippen molar-refractivity contribution in [3.05, 3.63) is 39.7 Å². The maximum absolute atomic E-state index is 12.6. The summed E-state index contributed by atoms with van der Waals surface area (Å²) in [5.41, 5.74) is 1.31. The number of halogens is 4. The average Bonchev–Trinajstić information content (AvgIpc) is 2.46. The number of alkyl halides is 3. The van der Waals surface area contributed by atoms with Crippen molar-refractivity contribution in [2.75, 3.05) is 0 Å². The molecule has 0 atom stereocenters. The van der Waals surface area contributed by atoms with Crippen molar-refractivity contribution in [3.63, 3.8) is 0 Å². The maximum Gasteiger partial charge on any atom is 0.572 e. The molecule has 0 aliphatic rings. The third-order valence-electron chi connectivity index (χ3n) is 4.42. The Labute approximate surface area is 163 Å². The zero-order chi connectivity index (χ0) is 19.4. The lowest BCUT2D eigenvalue weighted by atomic mass is 10.2. The van der Waals surface area contributed by atoms with E-state index in [9.17, 15) is 13.2 Å². The third-order valence-corrected chi connectivity index (χ3v) is 11.1. The molecule has 0 saturated carbocycles. The van der Waals surface area contributed by atoms with Gasteiger partial charge in [-0.05, 0) is 51.3 Å². The van der Waals surface area contributed by atoms with Crippen molar-refractivity contribution in [1.82, 2.24) is 0 Å². The van der Waals surface area contributed by atoms with Crippen molar-refractivity contribution in [2.45, 2.75) is 64.5 Å². The fourth-order valence-corrected chi connectivity index (χ4v) is 9.04. The SMILES string of the molecule is CC(C)[Si](OC(=COC(F)(F)F)c1ccc(I)cc1)(C(C)C)C(C)C. The van der Waals surface area contributed by atoms with E-state index in [2.05, 4.69) is 68.9 Å². The van der Waals surface area contributed by atoms with Gasteiger partial charge in [0.2, 0.25) is 0 Å². The highest BCUT2D eigenvalue weighted by Crippen LogP contribution is 2.45. The molecule has 0 aromatic heterocycles. The normalized spacial score (nSPS) is 13.7. The predicted octanol–water partition coefficient (Wildman–Crippen LogP) is 7.32. The van der Waals surface area contributed by atoms with E-state index in [4.69, 9.17) is 4.43 Å². The molecular formula is C18H26F3IO2Si. The molecule has 1 rings (SSSR count). The minimum Gasteiger partial charge on any atom is -0.540 e. The van der Waals surface area contributed by atoms with Gasteiger partial charge in [-0.3, -0.25) is 0 Å². The van der Waals surface area contributed by atoms with Crippen molar-refractivity contribution in [3.8, 4) is 0 Å². The highest BCUT2D eigenvalue weighted by Gasteiger charge is 2.47. The molecule has 2 nitrogen and oxygen atoms in total. The first-order chi connectivity index (χ1) is 11.4. The molecule has 1 aromatic rings. The molecule has 7 heteroatoms. The van der Waals surface area contributed by atoms with E-state index in [1.54, 1.807) is 12.1 Å². The summed E-state index contributed by atoms with van der Waals surface area (Å²) in [6.07, 6.45) is -4.04. The van der Waals surface area contributed by atoms with Crippen molar-refractivity contribution >= 4 is 36.7 Å². The van der Waals surface area contributed by atoms with E-state index in [-0.39, 0.29) is 22.4 Å². The van der Waals surface area contributed by atoms with Crippen LogP contribution in [0.4, 0.5) is 13.2 Å². The van der Waals surface area contributed by atoms with Crippen LogP contribution in [0.2, 0.25) is 16.6 Å². The fraction of sp³-hybridized carbons (Fsp3) is 0.556. The van der Waals surface area contributed by atoms with E-state index in [0.29, 0.717) is 11.8 Å². The fourth-order valence-electron chi connectivity index (χ4n) is 3.43. The first-order valence-corrected chi connectivity index (χ1v) is 11.5. The van der Waals surface area contributed by atoms with Gasteiger partial charge < -0.3 is 9.16 Å². The summed E-state index contributed by atoms with van der Waals surface area (Å²) in [7, 11) is -2.40. The molecule has 0 saturated heterocycles. The standard InChI is InChI=1S/C18H26F3IO2Si/c1-12(2)25(13(3)4,14(5)6)24-17(11-23-18(19,20)21)15-7-9-16(22)10-8-15/h7-14H,1-6H3. The van der Waals surface area contributed by atoms with Gasteiger partial charge in [-0.15, -0.1) is 13.2 Å². The average molecular weight is 486 g/mol. The van der Waals surface area contributed by atoms with Gasteiger partial charge in [-0.1, -0.05) is 53.7 Å². The highest BCUT2D eigenvalue weighted by atomic mass is 127. The molecule has 1 aromatic carbocycles. The number of rotatable bonds is 7. The maximum atomic E-state index is 12.6. The molecule has 142 valence electrons. The number of hydrogen-bond acceptors (Lipinski definition) is 2. The van der Waals surface area contributed by atoms with Gasteiger partial charge in [0.05, 0.1) is 0 Å². The molecule has 0 aliphatic heterocycles. The van der Waals surface area contributed by atoms with Gasteiger partial charge in [0.25, 0.3) is 8.32 Å².